The Kier molecular flexibility index (Phi) is 10.2. The third kappa shape index (κ3) is 7.93. The van der Waals surface area contributed by atoms with Gasteiger partial charge in [-0.15, -0.1) is 5.10 Å². The van der Waals surface area contributed by atoms with Crippen molar-refractivity contribution in [1.82, 2.24) is 5.32 Å². The minimum atomic E-state index is -4.04. The van der Waals surface area contributed by atoms with Gasteiger partial charge in [0.15, 0.2) is 5.17 Å². The summed E-state index contributed by atoms with van der Waals surface area (Å²) in [6, 6.07) is 11.3. The molecule has 34 heavy (non-hydrogen) atoms. The summed E-state index contributed by atoms with van der Waals surface area (Å²) in [5.41, 5.74) is 0.604. The molecule has 7 nitrogen and oxygen atoms in total. The number of unbranched alkanes of at least 4 members (excludes halogenated alkanes) is 4. The first-order chi connectivity index (χ1) is 16.3. The molecular formula is C23H25Br2N3O4S2. The molecule has 0 saturated carbocycles. The molecule has 1 N–H and O–H groups in total. The maximum absolute atomic E-state index is 12.7. The van der Waals surface area contributed by atoms with E-state index in [0.29, 0.717) is 19.7 Å². The van der Waals surface area contributed by atoms with Crippen LogP contribution in [0.2, 0.25) is 0 Å². The van der Waals surface area contributed by atoms with Crippen molar-refractivity contribution >= 4 is 71.0 Å². The fraction of sp³-hybridized carbons (Fsp3) is 0.348. The van der Waals surface area contributed by atoms with Crippen LogP contribution in [0.5, 0.6) is 5.75 Å². The van der Waals surface area contributed by atoms with Gasteiger partial charge in [0.25, 0.3) is 0 Å². The topological polar surface area (TPSA) is 97.2 Å². The number of amidine groups is 1. The van der Waals surface area contributed by atoms with Crippen LogP contribution in [0.4, 0.5) is 0 Å². The van der Waals surface area contributed by atoms with E-state index in [2.05, 4.69) is 54.3 Å². The summed E-state index contributed by atoms with van der Waals surface area (Å²) in [7, 11) is -4.04. The summed E-state index contributed by atoms with van der Waals surface area (Å²) < 4.78 is 31.7. The van der Waals surface area contributed by atoms with Crippen LogP contribution >= 0.6 is 43.6 Å². The van der Waals surface area contributed by atoms with Crippen molar-refractivity contribution in [3.05, 3.63) is 57.0 Å². The zero-order valence-electron chi connectivity index (χ0n) is 18.5. The van der Waals surface area contributed by atoms with Gasteiger partial charge in [-0.25, -0.2) is 0 Å². The molecule has 11 heteroatoms. The molecule has 0 aliphatic carbocycles. The first kappa shape index (κ1) is 26.9. The van der Waals surface area contributed by atoms with Gasteiger partial charge < -0.3 is 9.50 Å². The van der Waals surface area contributed by atoms with E-state index in [1.165, 1.54) is 43.3 Å². The molecule has 1 heterocycles. The van der Waals surface area contributed by atoms with Crippen LogP contribution in [0.25, 0.3) is 0 Å². The Labute approximate surface area is 221 Å². The number of carbonyl (C=O) groups excluding carboxylic acids is 1. The Morgan fingerprint density at radius 2 is 1.91 bits per heavy atom. The molecule has 1 aliphatic heterocycles. The van der Waals surface area contributed by atoms with E-state index in [0.717, 1.165) is 19.3 Å². The van der Waals surface area contributed by atoms with E-state index in [4.69, 9.17) is 4.18 Å². The molecule has 0 spiro atoms. The van der Waals surface area contributed by atoms with Crippen molar-refractivity contribution in [2.45, 2.75) is 55.6 Å². The Hall–Kier alpha value is -1.69. The summed E-state index contributed by atoms with van der Waals surface area (Å²) in [6.45, 7) is 2.18. The Morgan fingerprint density at radius 3 is 2.71 bits per heavy atom. The number of halogens is 2. The SMILES string of the molecule is CCCCCCC[C@H]1S/C(=N\N=C/c2cccc(OS(=O)(=O)c3cc(Br)ccc3Br)c2)NC1=O. The van der Waals surface area contributed by atoms with Gasteiger partial charge in [-0.3, -0.25) is 4.79 Å². The lowest BCUT2D eigenvalue weighted by Gasteiger charge is -2.09. The van der Waals surface area contributed by atoms with Gasteiger partial charge in [-0.05, 0) is 58.2 Å². The van der Waals surface area contributed by atoms with Gasteiger partial charge in [-0.2, -0.15) is 13.5 Å². The second kappa shape index (κ2) is 12.9. The van der Waals surface area contributed by atoms with Crippen molar-refractivity contribution < 1.29 is 17.4 Å². The number of hydrogen-bond donors (Lipinski definition) is 1. The zero-order valence-corrected chi connectivity index (χ0v) is 23.3. The Morgan fingerprint density at radius 1 is 1.12 bits per heavy atom. The van der Waals surface area contributed by atoms with Crippen LogP contribution < -0.4 is 9.50 Å². The molecule has 0 aromatic heterocycles. The van der Waals surface area contributed by atoms with Crippen LogP contribution in [0.3, 0.4) is 0 Å². The van der Waals surface area contributed by atoms with E-state index in [-0.39, 0.29) is 21.8 Å². The molecule has 2 aromatic carbocycles. The second-order valence-electron chi connectivity index (χ2n) is 7.63. The van der Waals surface area contributed by atoms with Crippen LogP contribution in [0.15, 0.2) is 66.5 Å². The first-order valence-corrected chi connectivity index (χ1v) is 14.7. The lowest BCUT2D eigenvalue weighted by atomic mass is 10.1. The number of carbonyl (C=O) groups is 1. The largest absolute Gasteiger partial charge is 0.379 e. The zero-order chi connectivity index (χ0) is 24.6. The summed E-state index contributed by atoms with van der Waals surface area (Å²) in [5.74, 6) is 0.115. The lowest BCUT2D eigenvalue weighted by molar-refractivity contribution is -0.118. The standard InChI is InChI=1S/C23H25Br2N3O4S2/c1-2-3-4-5-6-10-20-22(29)27-23(33-20)28-26-15-16-8-7-9-18(13-16)32-34(30,31)21-14-17(24)11-12-19(21)25/h7-9,11-15,20H,2-6,10H2,1H3,(H,27,28,29)/b26-15-/t20-/m1/s1. The molecule has 0 bridgehead atoms. The summed E-state index contributed by atoms with van der Waals surface area (Å²) in [6.07, 6.45) is 8.08. The van der Waals surface area contributed by atoms with Crippen LogP contribution in [0.1, 0.15) is 51.0 Å². The van der Waals surface area contributed by atoms with Gasteiger partial charge in [-0.1, -0.05) is 78.9 Å². The van der Waals surface area contributed by atoms with Gasteiger partial charge in [0, 0.05) is 8.95 Å². The normalized spacial score (nSPS) is 17.4. The van der Waals surface area contributed by atoms with Crippen molar-refractivity contribution in [3.63, 3.8) is 0 Å². The number of rotatable bonds is 11. The van der Waals surface area contributed by atoms with Crippen molar-refractivity contribution in [2.24, 2.45) is 10.2 Å². The quantitative estimate of drug-likeness (QED) is 0.137. The van der Waals surface area contributed by atoms with Crippen LogP contribution in [-0.2, 0) is 14.9 Å². The molecule has 1 saturated heterocycles. The minimum absolute atomic E-state index is 0.0151. The average molecular weight is 631 g/mol. The Balaban J connectivity index is 1.60. The number of amides is 1. The van der Waals surface area contributed by atoms with E-state index >= 15 is 0 Å². The second-order valence-corrected chi connectivity index (χ2v) is 12.1. The van der Waals surface area contributed by atoms with E-state index in [1.807, 2.05) is 0 Å². The first-order valence-electron chi connectivity index (χ1n) is 10.9. The molecular weight excluding hydrogens is 606 g/mol. The predicted octanol–water partition coefficient (Wildman–Crippen LogP) is 6.26. The monoisotopic (exact) mass is 629 g/mol. The predicted molar refractivity (Wildman–Crippen MR) is 144 cm³/mol. The summed E-state index contributed by atoms with van der Waals surface area (Å²) in [5, 5.41) is 11.2. The molecule has 182 valence electrons. The lowest BCUT2D eigenvalue weighted by Crippen LogP contribution is -2.24. The highest BCUT2D eigenvalue weighted by atomic mass is 79.9. The highest BCUT2D eigenvalue weighted by Gasteiger charge is 2.29. The maximum atomic E-state index is 12.7. The number of benzene rings is 2. The third-order valence-electron chi connectivity index (χ3n) is 4.93. The summed E-state index contributed by atoms with van der Waals surface area (Å²) >= 11 is 7.91. The van der Waals surface area contributed by atoms with Gasteiger partial charge in [0.1, 0.15) is 10.6 Å². The highest BCUT2D eigenvalue weighted by Crippen LogP contribution is 2.29. The smallest absolute Gasteiger partial charge is 0.340 e. The van der Waals surface area contributed by atoms with Gasteiger partial charge >= 0.3 is 10.1 Å². The van der Waals surface area contributed by atoms with Gasteiger partial charge in [0.2, 0.25) is 5.91 Å². The van der Waals surface area contributed by atoms with Crippen molar-refractivity contribution in [1.29, 1.82) is 0 Å². The van der Waals surface area contributed by atoms with E-state index in [9.17, 15) is 13.2 Å². The van der Waals surface area contributed by atoms with Crippen LogP contribution in [0, 0.1) is 0 Å². The summed E-state index contributed by atoms with van der Waals surface area (Å²) in [4.78, 5) is 12.1. The molecule has 3 rings (SSSR count). The molecule has 2 aromatic rings. The number of nitrogens with one attached hydrogen (secondary N) is 1. The maximum Gasteiger partial charge on any atom is 0.340 e. The molecule has 0 unspecified atom stereocenters. The Bertz CT molecular complexity index is 1190. The van der Waals surface area contributed by atoms with Crippen molar-refractivity contribution in [2.75, 3.05) is 0 Å². The fourth-order valence-corrected chi connectivity index (χ4v) is 6.56. The highest BCUT2D eigenvalue weighted by molar-refractivity contribution is 9.11. The van der Waals surface area contributed by atoms with Crippen LogP contribution in [-0.4, -0.2) is 31.0 Å². The third-order valence-corrected chi connectivity index (χ3v) is 8.81. The molecule has 1 aliphatic rings. The van der Waals surface area contributed by atoms with Crippen molar-refractivity contribution in [3.8, 4) is 5.75 Å². The molecule has 1 atom stereocenters. The van der Waals surface area contributed by atoms with E-state index in [1.54, 1.807) is 36.4 Å². The number of thioether (sulfide) groups is 1. The molecule has 1 fully saturated rings. The van der Waals surface area contributed by atoms with E-state index < -0.39 is 10.1 Å². The minimum Gasteiger partial charge on any atom is -0.379 e. The van der Waals surface area contributed by atoms with Gasteiger partial charge in [0.05, 0.1) is 11.5 Å². The molecule has 1 amide bonds. The molecule has 0 radical (unpaired) electrons. The number of hydrogen-bond acceptors (Lipinski definition) is 7. The fourth-order valence-electron chi connectivity index (χ4n) is 3.21. The average Bonchev–Trinajstić information content (AvgIpc) is 3.14. The number of nitrogens with zero attached hydrogens (tertiary/aromatic N) is 2.